The summed E-state index contributed by atoms with van der Waals surface area (Å²) in [7, 11) is 0. The van der Waals surface area contributed by atoms with Gasteiger partial charge >= 0.3 is 0 Å². The molecule has 0 atom stereocenters. The molecule has 66 heavy (non-hydrogen) atoms. The second-order valence-electron chi connectivity index (χ2n) is 17.2. The molecule has 308 valence electrons. The fraction of sp³-hybridized carbons (Fsp3) is 0. The van der Waals surface area contributed by atoms with Gasteiger partial charge in [-0.3, -0.25) is 0 Å². The maximum Gasteiger partial charge on any atom is 0.0619 e. The minimum absolute atomic E-state index is 1.07. The number of rotatable bonds is 7. The van der Waals surface area contributed by atoms with Gasteiger partial charge in [0.15, 0.2) is 0 Å². The number of aromatic nitrogens is 1. The third-order valence-corrected chi connectivity index (χ3v) is 13.5. The molecule has 0 unspecified atom stereocenters. The smallest absolute Gasteiger partial charge is 0.0619 e. The number of hydrogen-bond donors (Lipinski definition) is 0. The summed E-state index contributed by atoms with van der Waals surface area (Å²) in [6.07, 6.45) is 0. The Kier molecular flexibility index (Phi) is 8.89. The minimum atomic E-state index is 1.07. The molecule has 12 aromatic carbocycles. The van der Waals surface area contributed by atoms with Crippen molar-refractivity contribution in [2.75, 3.05) is 4.90 Å². The normalized spacial score (nSPS) is 11.6. The van der Waals surface area contributed by atoms with Crippen LogP contribution in [0.4, 0.5) is 17.1 Å². The number of anilines is 3. The Morgan fingerprint density at radius 3 is 1.59 bits per heavy atom. The fourth-order valence-electron chi connectivity index (χ4n) is 10.6. The van der Waals surface area contributed by atoms with Gasteiger partial charge in [-0.05, 0) is 108 Å². The van der Waals surface area contributed by atoms with Crippen LogP contribution in [0.15, 0.2) is 255 Å². The van der Waals surface area contributed by atoms with E-state index in [0.717, 1.165) is 39.4 Å². The van der Waals surface area contributed by atoms with Crippen molar-refractivity contribution in [2.45, 2.75) is 0 Å². The molecule has 0 bridgehead atoms. The Bertz CT molecular complexity index is 3960. The fourth-order valence-corrected chi connectivity index (χ4v) is 10.6. The van der Waals surface area contributed by atoms with E-state index >= 15 is 0 Å². The molecule has 1 aromatic heterocycles. The van der Waals surface area contributed by atoms with Gasteiger partial charge in [0.2, 0.25) is 0 Å². The first-order valence-corrected chi connectivity index (χ1v) is 22.8. The van der Waals surface area contributed by atoms with Gasteiger partial charge in [-0.1, -0.05) is 206 Å². The summed E-state index contributed by atoms with van der Waals surface area (Å²) in [5.41, 5.74) is 13.8. The van der Waals surface area contributed by atoms with Crippen LogP contribution < -0.4 is 4.90 Å². The Hall–Kier alpha value is -8.72. The molecule has 13 aromatic rings. The minimum Gasteiger partial charge on any atom is -0.310 e. The van der Waals surface area contributed by atoms with Crippen molar-refractivity contribution in [3.8, 4) is 39.1 Å². The zero-order valence-electron chi connectivity index (χ0n) is 36.1. The molecule has 0 saturated carbocycles. The van der Waals surface area contributed by atoms with E-state index in [2.05, 4.69) is 264 Å². The molecular formula is C64H42N2. The molecule has 2 nitrogen and oxygen atoms in total. The largest absolute Gasteiger partial charge is 0.310 e. The Labute approximate surface area is 383 Å². The predicted molar refractivity (Wildman–Crippen MR) is 282 cm³/mol. The summed E-state index contributed by atoms with van der Waals surface area (Å²) in [5.74, 6) is 0. The van der Waals surface area contributed by atoms with E-state index in [1.165, 1.54) is 81.6 Å². The highest BCUT2D eigenvalue weighted by atomic mass is 15.1. The Balaban J connectivity index is 1.09. The summed E-state index contributed by atoms with van der Waals surface area (Å²) in [4.78, 5) is 2.46. The molecule has 1 heterocycles. The van der Waals surface area contributed by atoms with Crippen molar-refractivity contribution in [1.29, 1.82) is 0 Å². The van der Waals surface area contributed by atoms with Crippen molar-refractivity contribution < 1.29 is 0 Å². The first-order valence-electron chi connectivity index (χ1n) is 22.8. The monoisotopic (exact) mass is 838 g/mol. The molecule has 0 radical (unpaired) electrons. The molecule has 0 saturated heterocycles. The van der Waals surface area contributed by atoms with E-state index in [1.807, 2.05) is 0 Å². The van der Waals surface area contributed by atoms with Gasteiger partial charge in [0.25, 0.3) is 0 Å². The van der Waals surface area contributed by atoms with Gasteiger partial charge in [0.05, 0.1) is 22.4 Å². The lowest BCUT2D eigenvalue weighted by molar-refractivity contribution is 1.19. The quantitative estimate of drug-likeness (QED) is 0.145. The van der Waals surface area contributed by atoms with Crippen LogP contribution >= 0.6 is 0 Å². The molecule has 13 rings (SSSR count). The summed E-state index contributed by atoms with van der Waals surface area (Å²) in [5, 5.41) is 12.5. The maximum atomic E-state index is 2.50. The van der Waals surface area contributed by atoms with Gasteiger partial charge < -0.3 is 9.47 Å². The zero-order chi connectivity index (χ0) is 43.6. The lowest BCUT2D eigenvalue weighted by Crippen LogP contribution is -2.11. The molecule has 0 fully saturated rings. The molecule has 0 amide bonds. The van der Waals surface area contributed by atoms with E-state index in [0.29, 0.717) is 0 Å². The molecule has 0 N–H and O–H groups in total. The van der Waals surface area contributed by atoms with Gasteiger partial charge in [0, 0.05) is 38.7 Å². The average molecular weight is 839 g/mol. The van der Waals surface area contributed by atoms with Crippen molar-refractivity contribution in [1.82, 2.24) is 4.57 Å². The highest BCUT2D eigenvalue weighted by molar-refractivity contribution is 6.26. The Morgan fingerprint density at radius 1 is 0.273 bits per heavy atom. The van der Waals surface area contributed by atoms with Crippen molar-refractivity contribution in [3.63, 3.8) is 0 Å². The van der Waals surface area contributed by atoms with Crippen LogP contribution in [-0.2, 0) is 0 Å². The van der Waals surface area contributed by atoms with E-state index in [4.69, 9.17) is 0 Å². The summed E-state index contributed by atoms with van der Waals surface area (Å²) < 4.78 is 2.50. The van der Waals surface area contributed by atoms with Gasteiger partial charge in [0.1, 0.15) is 0 Å². The standard InChI is InChI=1S/C64H42N2/c1-3-18-43(19-4-1)46-35-39-63(66-62-33-16-14-31-57(62)58-37-34-45-22-7-8-26-51(45)64(58)66)59(41-46)47-23-17-24-48(40-47)65(61-32-15-13-25-50(61)44-20-5-2-6-21-44)49-36-38-56-54-29-10-9-27-52(54)53-28-11-12-30-55(53)60(56)42-49/h1-42H. The first-order chi connectivity index (χ1) is 32.8. The van der Waals surface area contributed by atoms with Crippen LogP contribution in [0.1, 0.15) is 0 Å². The van der Waals surface area contributed by atoms with Crippen molar-refractivity contribution >= 4 is 82.0 Å². The average Bonchev–Trinajstić information content (AvgIpc) is 3.74. The van der Waals surface area contributed by atoms with E-state index in [9.17, 15) is 0 Å². The molecule has 0 aliphatic carbocycles. The summed E-state index contributed by atoms with van der Waals surface area (Å²) in [6.45, 7) is 0. The molecule has 0 spiro atoms. The number of para-hydroxylation sites is 2. The summed E-state index contributed by atoms with van der Waals surface area (Å²) in [6, 6.07) is 93.4. The third-order valence-electron chi connectivity index (χ3n) is 13.5. The number of hydrogen-bond acceptors (Lipinski definition) is 1. The number of nitrogens with zero attached hydrogens (tertiary/aromatic N) is 2. The van der Waals surface area contributed by atoms with Crippen molar-refractivity contribution in [2.24, 2.45) is 0 Å². The van der Waals surface area contributed by atoms with Crippen LogP contribution in [-0.4, -0.2) is 4.57 Å². The van der Waals surface area contributed by atoms with E-state index < -0.39 is 0 Å². The van der Waals surface area contributed by atoms with Gasteiger partial charge in [-0.25, -0.2) is 0 Å². The molecular weight excluding hydrogens is 797 g/mol. The topological polar surface area (TPSA) is 8.17 Å². The van der Waals surface area contributed by atoms with Gasteiger partial charge in [-0.15, -0.1) is 0 Å². The van der Waals surface area contributed by atoms with Crippen LogP contribution in [0.25, 0.3) is 104 Å². The number of fused-ring (bicyclic) bond motifs is 11. The molecule has 0 aliphatic rings. The zero-order valence-corrected chi connectivity index (χ0v) is 36.1. The summed E-state index contributed by atoms with van der Waals surface area (Å²) >= 11 is 0. The van der Waals surface area contributed by atoms with Crippen LogP contribution in [0.3, 0.4) is 0 Å². The van der Waals surface area contributed by atoms with Gasteiger partial charge in [-0.2, -0.15) is 0 Å². The van der Waals surface area contributed by atoms with Crippen LogP contribution in [0.5, 0.6) is 0 Å². The molecule has 2 heteroatoms. The lowest BCUT2D eigenvalue weighted by atomic mass is 9.93. The lowest BCUT2D eigenvalue weighted by Gasteiger charge is -2.29. The molecule has 0 aliphatic heterocycles. The second kappa shape index (κ2) is 15.5. The first kappa shape index (κ1) is 37.8. The highest BCUT2D eigenvalue weighted by Crippen LogP contribution is 2.46. The van der Waals surface area contributed by atoms with E-state index in [1.54, 1.807) is 0 Å². The maximum absolute atomic E-state index is 2.50. The van der Waals surface area contributed by atoms with Crippen LogP contribution in [0.2, 0.25) is 0 Å². The SMILES string of the molecule is c1ccc(-c2ccc(-n3c4ccccc4c4ccc5ccccc5c43)c(-c3cccc(N(c4ccc5c6ccccc6c6ccccc6c5c4)c4ccccc4-c4ccccc4)c3)c2)cc1. The number of benzene rings is 12. The third kappa shape index (κ3) is 6.11. The predicted octanol–water partition coefficient (Wildman–Crippen LogP) is 17.9. The Morgan fingerprint density at radius 2 is 0.833 bits per heavy atom. The van der Waals surface area contributed by atoms with Crippen LogP contribution in [0, 0.1) is 0 Å². The van der Waals surface area contributed by atoms with Crippen molar-refractivity contribution in [3.05, 3.63) is 255 Å². The highest BCUT2D eigenvalue weighted by Gasteiger charge is 2.22. The second-order valence-corrected chi connectivity index (χ2v) is 17.2. The van der Waals surface area contributed by atoms with E-state index in [-0.39, 0.29) is 0 Å².